The molecule has 0 aliphatic carbocycles. The maximum absolute atomic E-state index is 11.7. The molecule has 3 N–H and O–H groups in total. The maximum Gasteiger partial charge on any atom is 0.221 e. The number of benzene rings is 1. The lowest BCUT2D eigenvalue weighted by atomic mass is 10.0. The van der Waals surface area contributed by atoms with Crippen LogP contribution in [0, 0.1) is 0 Å². The predicted octanol–water partition coefficient (Wildman–Crippen LogP) is 3.33. The number of rotatable bonds is 6. The van der Waals surface area contributed by atoms with Crippen molar-refractivity contribution in [3.8, 4) is 0 Å². The number of furan rings is 1. The van der Waals surface area contributed by atoms with E-state index in [2.05, 4.69) is 10.2 Å². The first kappa shape index (κ1) is 20.0. The molecule has 1 aromatic heterocycles. The zero-order valence-corrected chi connectivity index (χ0v) is 15.7. The van der Waals surface area contributed by atoms with Gasteiger partial charge >= 0.3 is 0 Å². The predicted molar refractivity (Wildman–Crippen MR) is 103 cm³/mol. The van der Waals surface area contributed by atoms with E-state index < -0.39 is 0 Å². The molecule has 0 saturated carbocycles. The molecule has 2 aromatic rings. The molecule has 1 fully saturated rings. The molecule has 1 aliphatic rings. The molecule has 5 nitrogen and oxygen atoms in total. The summed E-state index contributed by atoms with van der Waals surface area (Å²) >= 11 is 6.33. The van der Waals surface area contributed by atoms with E-state index in [0.29, 0.717) is 30.8 Å². The van der Waals surface area contributed by atoms with Gasteiger partial charge in [-0.2, -0.15) is 0 Å². The van der Waals surface area contributed by atoms with Gasteiger partial charge in [0.15, 0.2) is 5.22 Å². The van der Waals surface area contributed by atoms with Crippen LogP contribution in [-0.4, -0.2) is 36.5 Å². The molecule has 138 valence electrons. The molecule has 1 atom stereocenters. The molecular weight excluding hydrogens is 361 g/mol. The van der Waals surface area contributed by atoms with Gasteiger partial charge in [-0.15, -0.1) is 12.4 Å². The fourth-order valence-electron chi connectivity index (χ4n) is 3.37. The summed E-state index contributed by atoms with van der Waals surface area (Å²) in [6, 6.07) is 8.25. The number of nitrogens with one attached hydrogen (secondary N) is 1. The first-order chi connectivity index (χ1) is 11.7. The monoisotopic (exact) mass is 385 g/mol. The molecule has 2 heterocycles. The van der Waals surface area contributed by atoms with E-state index in [0.717, 1.165) is 36.0 Å². The normalized spacial score (nSPS) is 18.1. The molecule has 25 heavy (non-hydrogen) atoms. The molecule has 1 aromatic carbocycles. The number of halogens is 2. The number of nitrogens with zero attached hydrogens (tertiary/aromatic N) is 1. The molecule has 0 spiro atoms. The third kappa shape index (κ3) is 4.88. The molecule has 7 heteroatoms. The van der Waals surface area contributed by atoms with Crippen LogP contribution >= 0.6 is 24.0 Å². The summed E-state index contributed by atoms with van der Waals surface area (Å²) in [6.07, 6.45) is 3.82. The molecule has 0 radical (unpaired) electrons. The second kappa shape index (κ2) is 9.43. The summed E-state index contributed by atoms with van der Waals surface area (Å²) < 4.78 is 5.66. The fraction of sp³-hybridized carbons (Fsp3) is 0.500. The standard InChI is InChI=1S/C18H24ClN3O2.ClH/c19-18-15(14-6-1-2-7-16(14)24-18)12-22-10-4-3-5-13(22)11-21-17(23)8-9-20;/h1-2,6-7,13H,3-5,8-12,20H2,(H,21,23);1H. The minimum absolute atomic E-state index is 0. The van der Waals surface area contributed by atoms with E-state index in [1.165, 1.54) is 12.8 Å². The van der Waals surface area contributed by atoms with Crippen molar-refractivity contribution in [2.45, 2.75) is 38.3 Å². The van der Waals surface area contributed by atoms with E-state index in [4.69, 9.17) is 21.8 Å². The van der Waals surface area contributed by atoms with Crippen molar-refractivity contribution >= 4 is 40.9 Å². The van der Waals surface area contributed by atoms with Crippen LogP contribution in [0.4, 0.5) is 0 Å². The number of nitrogens with two attached hydrogens (primary N) is 1. The Bertz CT molecular complexity index is 705. The SMILES string of the molecule is Cl.NCCC(=O)NCC1CCCCN1Cc1c(Cl)oc2ccccc12. The number of hydrogen-bond donors (Lipinski definition) is 2. The number of carbonyl (C=O) groups excluding carboxylic acids is 1. The first-order valence-corrected chi connectivity index (χ1v) is 8.93. The van der Waals surface area contributed by atoms with Crippen LogP contribution in [0.1, 0.15) is 31.2 Å². The number of hydrogen-bond acceptors (Lipinski definition) is 4. The highest BCUT2D eigenvalue weighted by Crippen LogP contribution is 2.32. The van der Waals surface area contributed by atoms with Crippen LogP contribution < -0.4 is 11.1 Å². The molecule has 1 amide bonds. The summed E-state index contributed by atoms with van der Waals surface area (Å²) in [5.74, 6) is 0.0230. The van der Waals surface area contributed by atoms with Crippen LogP contribution in [0.2, 0.25) is 5.22 Å². The lowest BCUT2D eigenvalue weighted by Gasteiger charge is -2.35. The number of para-hydroxylation sites is 1. The van der Waals surface area contributed by atoms with E-state index in [9.17, 15) is 4.79 Å². The molecular formula is C18H25Cl2N3O2. The van der Waals surface area contributed by atoms with Gasteiger partial charge in [-0.1, -0.05) is 24.6 Å². The van der Waals surface area contributed by atoms with Crippen molar-refractivity contribution < 1.29 is 9.21 Å². The van der Waals surface area contributed by atoms with Gasteiger partial charge < -0.3 is 15.5 Å². The molecule has 0 bridgehead atoms. The van der Waals surface area contributed by atoms with Gasteiger partial charge in [0.2, 0.25) is 5.91 Å². The zero-order valence-electron chi connectivity index (χ0n) is 14.2. The second-order valence-electron chi connectivity index (χ2n) is 6.31. The number of carbonyl (C=O) groups is 1. The Morgan fingerprint density at radius 3 is 2.96 bits per heavy atom. The highest BCUT2D eigenvalue weighted by atomic mass is 35.5. The topological polar surface area (TPSA) is 71.5 Å². The highest BCUT2D eigenvalue weighted by Gasteiger charge is 2.25. The number of likely N-dealkylation sites (tertiary alicyclic amines) is 1. The Hall–Kier alpha value is -1.27. The number of piperidine rings is 1. The Morgan fingerprint density at radius 1 is 1.36 bits per heavy atom. The van der Waals surface area contributed by atoms with Crippen LogP contribution in [-0.2, 0) is 11.3 Å². The van der Waals surface area contributed by atoms with Crippen molar-refractivity contribution in [1.29, 1.82) is 0 Å². The van der Waals surface area contributed by atoms with Gasteiger partial charge in [0.25, 0.3) is 0 Å². The third-order valence-corrected chi connectivity index (χ3v) is 4.97. The van der Waals surface area contributed by atoms with Gasteiger partial charge in [-0.3, -0.25) is 9.69 Å². The van der Waals surface area contributed by atoms with Crippen LogP contribution in [0.3, 0.4) is 0 Å². The van der Waals surface area contributed by atoms with Gasteiger partial charge in [0.1, 0.15) is 5.58 Å². The Balaban J connectivity index is 0.00000225. The molecule has 1 saturated heterocycles. The van der Waals surface area contributed by atoms with Crippen molar-refractivity contribution in [3.05, 3.63) is 35.0 Å². The minimum atomic E-state index is 0. The van der Waals surface area contributed by atoms with Crippen molar-refractivity contribution in [3.63, 3.8) is 0 Å². The second-order valence-corrected chi connectivity index (χ2v) is 6.66. The molecule has 1 unspecified atom stereocenters. The summed E-state index contributed by atoms with van der Waals surface area (Å²) in [4.78, 5) is 14.1. The Morgan fingerprint density at radius 2 is 2.16 bits per heavy atom. The highest BCUT2D eigenvalue weighted by molar-refractivity contribution is 6.30. The third-order valence-electron chi connectivity index (χ3n) is 4.67. The average Bonchev–Trinajstić information content (AvgIpc) is 2.90. The number of fused-ring (bicyclic) bond motifs is 1. The van der Waals surface area contributed by atoms with Crippen molar-refractivity contribution in [1.82, 2.24) is 10.2 Å². The lowest BCUT2D eigenvalue weighted by Crippen LogP contribution is -2.46. The summed E-state index contributed by atoms with van der Waals surface area (Å²) in [5, 5.41) is 4.53. The average molecular weight is 386 g/mol. The molecule has 1 aliphatic heterocycles. The van der Waals surface area contributed by atoms with E-state index in [1.54, 1.807) is 0 Å². The smallest absolute Gasteiger partial charge is 0.221 e. The Labute approximate surface area is 159 Å². The van der Waals surface area contributed by atoms with Gasteiger partial charge in [-0.05, 0) is 37.1 Å². The van der Waals surface area contributed by atoms with Crippen LogP contribution in [0.15, 0.2) is 28.7 Å². The number of amides is 1. The zero-order chi connectivity index (χ0) is 16.9. The molecule has 3 rings (SSSR count). The first-order valence-electron chi connectivity index (χ1n) is 8.55. The summed E-state index contributed by atoms with van der Waals surface area (Å²) in [7, 11) is 0. The van der Waals surface area contributed by atoms with E-state index >= 15 is 0 Å². The lowest BCUT2D eigenvalue weighted by molar-refractivity contribution is -0.121. The van der Waals surface area contributed by atoms with Crippen molar-refractivity contribution in [2.24, 2.45) is 5.73 Å². The summed E-state index contributed by atoms with van der Waals surface area (Å²) in [5.41, 5.74) is 7.29. The maximum atomic E-state index is 11.7. The van der Waals surface area contributed by atoms with Gasteiger partial charge in [0, 0.05) is 43.0 Å². The minimum Gasteiger partial charge on any atom is -0.444 e. The largest absolute Gasteiger partial charge is 0.444 e. The van der Waals surface area contributed by atoms with Gasteiger partial charge in [0.05, 0.1) is 0 Å². The Kier molecular flexibility index (Phi) is 7.56. The fourth-order valence-corrected chi connectivity index (χ4v) is 3.61. The van der Waals surface area contributed by atoms with E-state index in [-0.39, 0.29) is 18.3 Å². The van der Waals surface area contributed by atoms with E-state index in [1.807, 2.05) is 24.3 Å². The van der Waals surface area contributed by atoms with Gasteiger partial charge in [-0.25, -0.2) is 0 Å². The van der Waals surface area contributed by atoms with Crippen LogP contribution in [0.5, 0.6) is 0 Å². The van der Waals surface area contributed by atoms with Crippen molar-refractivity contribution in [2.75, 3.05) is 19.6 Å². The summed E-state index contributed by atoms with van der Waals surface area (Å²) in [6.45, 7) is 2.80. The van der Waals surface area contributed by atoms with Crippen LogP contribution in [0.25, 0.3) is 11.0 Å². The quantitative estimate of drug-likeness (QED) is 0.799.